The molecular weight excluding hydrogens is 288 g/mol. The molecule has 5 nitrogen and oxygen atoms in total. The second-order valence-electron chi connectivity index (χ2n) is 5.43. The highest BCUT2D eigenvalue weighted by Gasteiger charge is 2.29. The molecule has 0 unspecified atom stereocenters. The number of carbonyl (C=O) groups is 2. The number of nitrogens with one attached hydrogen (secondary N) is 1. The van der Waals surface area contributed by atoms with Gasteiger partial charge in [-0.05, 0) is 31.2 Å². The first kappa shape index (κ1) is 16.0. The quantitative estimate of drug-likeness (QED) is 0.901. The van der Waals surface area contributed by atoms with Crippen LogP contribution in [0.2, 0.25) is 0 Å². The van der Waals surface area contributed by atoms with Crippen molar-refractivity contribution in [1.82, 2.24) is 10.2 Å². The molecule has 1 aromatic rings. The normalized spacial score (nSPS) is 20.1. The summed E-state index contributed by atoms with van der Waals surface area (Å²) < 4.78 is 5.02. The van der Waals surface area contributed by atoms with Gasteiger partial charge in [-0.25, -0.2) is 0 Å². The van der Waals surface area contributed by atoms with Gasteiger partial charge in [-0.15, -0.1) is 11.3 Å². The Bertz CT molecular complexity index is 475. The predicted octanol–water partition coefficient (Wildman–Crippen LogP) is 1.75. The molecule has 6 heteroatoms. The zero-order chi connectivity index (χ0) is 15.2. The first-order valence-electron chi connectivity index (χ1n) is 7.24. The topological polar surface area (TPSA) is 58.6 Å². The molecular formula is C15H22N2O3S. The summed E-state index contributed by atoms with van der Waals surface area (Å²) in [7, 11) is 1.62. The number of nitrogens with zero attached hydrogens (tertiary/aromatic N) is 1. The third-order valence-corrected chi connectivity index (χ3v) is 4.47. The molecule has 1 saturated heterocycles. The van der Waals surface area contributed by atoms with Gasteiger partial charge in [0.15, 0.2) is 0 Å². The average Bonchev–Trinajstić information content (AvgIpc) is 3.01. The summed E-state index contributed by atoms with van der Waals surface area (Å²) in [6.07, 6.45) is 1.70. The van der Waals surface area contributed by atoms with E-state index in [1.807, 2.05) is 24.4 Å². The van der Waals surface area contributed by atoms with Crippen molar-refractivity contribution in [2.45, 2.75) is 25.8 Å². The van der Waals surface area contributed by atoms with Crippen LogP contribution in [0.5, 0.6) is 0 Å². The van der Waals surface area contributed by atoms with E-state index in [0.717, 1.165) is 24.3 Å². The standard InChI is InChI=1S/C15H22N2O3S/c1-11(10-20-2)16-14(18)12-5-3-7-17(9-12)15(19)13-6-4-8-21-13/h4,6,8,11-12H,3,5,7,9-10H2,1-2H3,(H,16,18)/t11-,12+/m1/s1. The lowest BCUT2D eigenvalue weighted by molar-refractivity contribution is -0.127. The maximum Gasteiger partial charge on any atom is 0.263 e. The van der Waals surface area contributed by atoms with E-state index >= 15 is 0 Å². The molecule has 2 heterocycles. The van der Waals surface area contributed by atoms with Crippen molar-refractivity contribution < 1.29 is 14.3 Å². The smallest absolute Gasteiger partial charge is 0.263 e. The summed E-state index contributed by atoms with van der Waals surface area (Å²) >= 11 is 1.44. The van der Waals surface area contributed by atoms with Crippen LogP contribution in [-0.2, 0) is 9.53 Å². The van der Waals surface area contributed by atoms with Gasteiger partial charge in [-0.1, -0.05) is 6.07 Å². The number of piperidine rings is 1. The van der Waals surface area contributed by atoms with Crippen LogP contribution in [0.15, 0.2) is 17.5 Å². The van der Waals surface area contributed by atoms with Crippen molar-refractivity contribution in [3.63, 3.8) is 0 Å². The largest absolute Gasteiger partial charge is 0.383 e. The fraction of sp³-hybridized carbons (Fsp3) is 0.600. The highest BCUT2D eigenvalue weighted by atomic mass is 32.1. The van der Waals surface area contributed by atoms with Crippen LogP contribution >= 0.6 is 11.3 Å². The minimum Gasteiger partial charge on any atom is -0.383 e. The number of likely N-dealkylation sites (tertiary alicyclic amines) is 1. The molecule has 0 aromatic carbocycles. The fourth-order valence-corrected chi connectivity index (χ4v) is 3.27. The monoisotopic (exact) mass is 310 g/mol. The summed E-state index contributed by atoms with van der Waals surface area (Å²) in [6, 6.07) is 3.70. The number of ether oxygens (including phenoxy) is 1. The van der Waals surface area contributed by atoms with Gasteiger partial charge in [0.2, 0.25) is 5.91 Å². The molecule has 2 amide bonds. The number of rotatable bonds is 5. The van der Waals surface area contributed by atoms with Crippen molar-refractivity contribution in [2.75, 3.05) is 26.8 Å². The van der Waals surface area contributed by atoms with Gasteiger partial charge in [0.25, 0.3) is 5.91 Å². The van der Waals surface area contributed by atoms with Gasteiger partial charge < -0.3 is 15.0 Å². The Kier molecular flexibility index (Phi) is 5.76. The Morgan fingerprint density at radius 3 is 3.05 bits per heavy atom. The molecule has 2 atom stereocenters. The predicted molar refractivity (Wildman–Crippen MR) is 82.4 cm³/mol. The highest BCUT2D eigenvalue weighted by molar-refractivity contribution is 7.12. The van der Waals surface area contributed by atoms with Gasteiger partial charge in [0, 0.05) is 26.2 Å². The second-order valence-corrected chi connectivity index (χ2v) is 6.38. The first-order valence-corrected chi connectivity index (χ1v) is 8.12. The van der Waals surface area contributed by atoms with E-state index in [1.165, 1.54) is 11.3 Å². The lowest BCUT2D eigenvalue weighted by Gasteiger charge is -2.32. The van der Waals surface area contributed by atoms with Gasteiger partial charge in [-0.2, -0.15) is 0 Å². The number of methoxy groups -OCH3 is 1. The SMILES string of the molecule is COC[C@@H](C)NC(=O)[C@H]1CCCN(C(=O)c2cccs2)C1. The third kappa shape index (κ3) is 4.28. The maximum atomic E-state index is 12.3. The van der Waals surface area contributed by atoms with Crippen molar-refractivity contribution in [3.05, 3.63) is 22.4 Å². The Balaban J connectivity index is 1.91. The van der Waals surface area contributed by atoms with Crippen LogP contribution in [0.3, 0.4) is 0 Å². The summed E-state index contributed by atoms with van der Waals surface area (Å²) in [5, 5.41) is 4.84. The van der Waals surface area contributed by atoms with Crippen LogP contribution in [0.25, 0.3) is 0 Å². The Hall–Kier alpha value is -1.40. The average molecular weight is 310 g/mol. The summed E-state index contributed by atoms with van der Waals surface area (Å²) in [5.74, 6) is -0.0716. The molecule has 1 aromatic heterocycles. The molecule has 0 bridgehead atoms. The summed E-state index contributed by atoms with van der Waals surface area (Å²) in [6.45, 7) is 3.64. The molecule has 1 aliphatic heterocycles. The Morgan fingerprint density at radius 2 is 2.38 bits per heavy atom. The van der Waals surface area contributed by atoms with Crippen LogP contribution < -0.4 is 5.32 Å². The lowest BCUT2D eigenvalue weighted by atomic mass is 9.96. The van der Waals surface area contributed by atoms with E-state index in [9.17, 15) is 9.59 Å². The fourth-order valence-electron chi connectivity index (χ4n) is 2.58. The van der Waals surface area contributed by atoms with Gasteiger partial charge in [0.05, 0.1) is 17.4 Å². The Labute approximate surface area is 129 Å². The van der Waals surface area contributed by atoms with Crippen LogP contribution in [-0.4, -0.2) is 49.6 Å². The van der Waals surface area contributed by atoms with E-state index in [1.54, 1.807) is 12.0 Å². The molecule has 0 radical (unpaired) electrons. The molecule has 0 saturated carbocycles. The molecule has 2 rings (SSSR count). The minimum atomic E-state index is -0.123. The number of carbonyl (C=O) groups excluding carboxylic acids is 2. The molecule has 21 heavy (non-hydrogen) atoms. The van der Waals surface area contributed by atoms with E-state index < -0.39 is 0 Å². The molecule has 0 aliphatic carbocycles. The number of hydrogen-bond acceptors (Lipinski definition) is 4. The highest BCUT2D eigenvalue weighted by Crippen LogP contribution is 2.20. The van der Waals surface area contributed by atoms with Crippen molar-refractivity contribution in [3.8, 4) is 0 Å². The van der Waals surface area contributed by atoms with Crippen molar-refractivity contribution >= 4 is 23.2 Å². The van der Waals surface area contributed by atoms with E-state index in [-0.39, 0.29) is 23.8 Å². The summed E-state index contributed by atoms with van der Waals surface area (Å²) in [5.41, 5.74) is 0. The zero-order valence-electron chi connectivity index (χ0n) is 12.5. The van der Waals surface area contributed by atoms with E-state index in [0.29, 0.717) is 13.2 Å². The third-order valence-electron chi connectivity index (χ3n) is 3.62. The van der Waals surface area contributed by atoms with Crippen LogP contribution in [0.1, 0.15) is 29.4 Å². The maximum absolute atomic E-state index is 12.3. The number of hydrogen-bond donors (Lipinski definition) is 1. The van der Waals surface area contributed by atoms with E-state index in [2.05, 4.69) is 5.32 Å². The number of amides is 2. The Morgan fingerprint density at radius 1 is 1.57 bits per heavy atom. The second kappa shape index (κ2) is 7.56. The van der Waals surface area contributed by atoms with Crippen molar-refractivity contribution in [1.29, 1.82) is 0 Å². The molecule has 0 spiro atoms. The van der Waals surface area contributed by atoms with Gasteiger partial charge in [-0.3, -0.25) is 9.59 Å². The molecule has 1 N–H and O–H groups in total. The van der Waals surface area contributed by atoms with Gasteiger partial charge >= 0.3 is 0 Å². The summed E-state index contributed by atoms with van der Waals surface area (Å²) in [4.78, 5) is 27.1. The molecule has 1 fully saturated rings. The zero-order valence-corrected chi connectivity index (χ0v) is 13.3. The van der Waals surface area contributed by atoms with Crippen molar-refractivity contribution in [2.24, 2.45) is 5.92 Å². The number of thiophene rings is 1. The van der Waals surface area contributed by atoms with Gasteiger partial charge in [0.1, 0.15) is 0 Å². The van der Waals surface area contributed by atoms with Crippen LogP contribution in [0, 0.1) is 5.92 Å². The van der Waals surface area contributed by atoms with Crippen LogP contribution in [0.4, 0.5) is 0 Å². The van der Waals surface area contributed by atoms with E-state index in [4.69, 9.17) is 4.74 Å². The molecule has 116 valence electrons. The lowest BCUT2D eigenvalue weighted by Crippen LogP contribution is -2.47. The minimum absolute atomic E-state index is 0.00845. The first-order chi connectivity index (χ1) is 10.1. The molecule has 1 aliphatic rings.